The van der Waals surface area contributed by atoms with Gasteiger partial charge in [0.1, 0.15) is 0 Å². The number of hydrogen-bond donors (Lipinski definition) is 3. The molecule has 0 aliphatic carbocycles. The van der Waals surface area contributed by atoms with Crippen molar-refractivity contribution in [3.05, 3.63) is 29.8 Å². The molecule has 0 atom stereocenters. The number of morpholine rings is 1. The topological polar surface area (TPSA) is 78.0 Å². The Bertz CT molecular complexity index is 568. The van der Waals surface area contributed by atoms with Crippen LogP contribution in [-0.2, 0) is 16.0 Å². The van der Waals surface area contributed by atoms with E-state index in [1.807, 2.05) is 24.3 Å². The molecule has 1 amide bonds. The smallest absolute Gasteiger partial charge is 0.221 e. The summed E-state index contributed by atoms with van der Waals surface area (Å²) in [6, 6.07) is 7.93. The lowest BCUT2D eigenvalue weighted by atomic mass is 10.1. The van der Waals surface area contributed by atoms with Crippen molar-refractivity contribution >= 4 is 17.6 Å². The van der Waals surface area contributed by atoms with Gasteiger partial charge in [0.05, 0.1) is 19.8 Å². The number of aliphatic imine (C=N–C) groups is 1. The number of carbonyl (C=O) groups excluding carboxylic acids is 1. The lowest BCUT2D eigenvalue weighted by Gasteiger charge is -2.25. The first-order valence-corrected chi connectivity index (χ1v) is 9.36. The number of hydrogen-bond acceptors (Lipinski definition) is 4. The Hall–Kier alpha value is -2.12. The van der Waals surface area contributed by atoms with Crippen LogP contribution in [0, 0.1) is 0 Å². The molecule has 26 heavy (non-hydrogen) atoms. The number of carbonyl (C=O) groups is 1. The summed E-state index contributed by atoms with van der Waals surface area (Å²) in [6.45, 7) is 10.6. The second-order valence-corrected chi connectivity index (χ2v) is 6.27. The minimum atomic E-state index is -0.0528. The maximum atomic E-state index is 11.0. The second-order valence-electron chi connectivity index (χ2n) is 6.27. The normalized spacial score (nSPS) is 15.5. The van der Waals surface area contributed by atoms with Crippen molar-refractivity contribution in [3.63, 3.8) is 0 Å². The molecule has 144 valence electrons. The van der Waals surface area contributed by atoms with Gasteiger partial charge in [0.15, 0.2) is 5.96 Å². The van der Waals surface area contributed by atoms with Crippen LogP contribution < -0.4 is 16.0 Å². The third-order valence-electron chi connectivity index (χ3n) is 4.11. The first-order valence-electron chi connectivity index (χ1n) is 9.36. The number of nitrogens with one attached hydrogen (secondary N) is 3. The Morgan fingerprint density at radius 2 is 1.92 bits per heavy atom. The van der Waals surface area contributed by atoms with Gasteiger partial charge in [0.2, 0.25) is 5.91 Å². The molecule has 0 bridgehead atoms. The highest BCUT2D eigenvalue weighted by Gasteiger charge is 2.09. The molecule has 1 aliphatic heterocycles. The predicted molar refractivity (Wildman–Crippen MR) is 106 cm³/mol. The Labute approximate surface area is 156 Å². The lowest BCUT2D eigenvalue weighted by Crippen LogP contribution is -2.40. The molecule has 1 heterocycles. The van der Waals surface area contributed by atoms with E-state index in [0.717, 1.165) is 70.6 Å². The molecular weight excluding hydrogens is 330 g/mol. The largest absolute Gasteiger partial charge is 0.379 e. The van der Waals surface area contributed by atoms with Crippen molar-refractivity contribution in [1.29, 1.82) is 0 Å². The van der Waals surface area contributed by atoms with E-state index >= 15 is 0 Å². The van der Waals surface area contributed by atoms with Gasteiger partial charge in [-0.05, 0) is 31.0 Å². The molecule has 1 saturated heterocycles. The van der Waals surface area contributed by atoms with Crippen LogP contribution in [0.1, 0.15) is 19.4 Å². The van der Waals surface area contributed by atoms with Gasteiger partial charge in [-0.3, -0.25) is 14.7 Å². The van der Waals surface area contributed by atoms with Crippen LogP contribution in [0.15, 0.2) is 29.3 Å². The summed E-state index contributed by atoms with van der Waals surface area (Å²) in [6.07, 6.45) is 0.897. The minimum absolute atomic E-state index is 0.0528. The number of benzene rings is 1. The van der Waals surface area contributed by atoms with Crippen LogP contribution in [-0.4, -0.2) is 69.2 Å². The Balaban J connectivity index is 1.72. The van der Waals surface area contributed by atoms with Crippen LogP contribution in [0.2, 0.25) is 0 Å². The van der Waals surface area contributed by atoms with Crippen LogP contribution in [0.4, 0.5) is 5.69 Å². The van der Waals surface area contributed by atoms with Gasteiger partial charge in [0.25, 0.3) is 0 Å². The van der Waals surface area contributed by atoms with Crippen LogP contribution in [0.3, 0.4) is 0 Å². The van der Waals surface area contributed by atoms with Gasteiger partial charge >= 0.3 is 0 Å². The monoisotopic (exact) mass is 361 g/mol. The van der Waals surface area contributed by atoms with Crippen molar-refractivity contribution in [2.75, 3.05) is 57.8 Å². The van der Waals surface area contributed by atoms with Crippen molar-refractivity contribution in [3.8, 4) is 0 Å². The van der Waals surface area contributed by atoms with Crippen LogP contribution >= 0.6 is 0 Å². The maximum absolute atomic E-state index is 11.0. The van der Waals surface area contributed by atoms with Gasteiger partial charge < -0.3 is 20.7 Å². The van der Waals surface area contributed by atoms with Crippen molar-refractivity contribution in [1.82, 2.24) is 15.5 Å². The van der Waals surface area contributed by atoms with E-state index in [1.54, 1.807) is 0 Å². The summed E-state index contributed by atoms with van der Waals surface area (Å²) in [5.41, 5.74) is 2.04. The fraction of sp³-hybridized carbons (Fsp3) is 0.579. The summed E-state index contributed by atoms with van der Waals surface area (Å²) < 4.78 is 5.36. The molecule has 7 heteroatoms. The van der Waals surface area contributed by atoms with Crippen LogP contribution in [0.5, 0.6) is 0 Å². The zero-order valence-electron chi connectivity index (χ0n) is 15.9. The predicted octanol–water partition coefficient (Wildman–Crippen LogP) is 1.07. The molecule has 0 aromatic heterocycles. The van der Waals surface area contributed by atoms with E-state index in [4.69, 9.17) is 4.74 Å². The Morgan fingerprint density at radius 3 is 2.58 bits per heavy atom. The van der Waals surface area contributed by atoms with Crippen LogP contribution in [0.25, 0.3) is 0 Å². The van der Waals surface area contributed by atoms with E-state index in [1.165, 1.54) is 12.5 Å². The zero-order chi connectivity index (χ0) is 18.6. The quantitative estimate of drug-likeness (QED) is 0.477. The van der Waals surface area contributed by atoms with Gasteiger partial charge in [0, 0.05) is 45.3 Å². The number of guanidine groups is 1. The molecule has 0 unspecified atom stereocenters. The average molecular weight is 361 g/mol. The van der Waals surface area contributed by atoms with Gasteiger partial charge in [-0.15, -0.1) is 0 Å². The van der Waals surface area contributed by atoms with E-state index in [2.05, 4.69) is 32.8 Å². The molecule has 1 aromatic rings. The highest BCUT2D eigenvalue weighted by Crippen LogP contribution is 2.09. The standard InChI is InChI=1S/C19H31N5O2/c1-3-20-19(22-10-11-24-12-14-26-15-13-24)21-9-8-17-4-6-18(7-5-17)23-16(2)25/h4-7H,3,8-15H2,1-2H3,(H,23,25)(H2,20,21,22). The molecule has 0 spiro atoms. The summed E-state index contributed by atoms with van der Waals surface area (Å²) >= 11 is 0. The highest BCUT2D eigenvalue weighted by atomic mass is 16.5. The van der Waals surface area contributed by atoms with Crippen molar-refractivity contribution in [2.45, 2.75) is 20.3 Å². The number of nitrogens with zero attached hydrogens (tertiary/aromatic N) is 2. The molecule has 1 aliphatic rings. The van der Waals surface area contributed by atoms with E-state index in [0.29, 0.717) is 0 Å². The fourth-order valence-corrected chi connectivity index (χ4v) is 2.75. The first-order chi connectivity index (χ1) is 12.7. The molecule has 2 rings (SSSR count). The van der Waals surface area contributed by atoms with Crippen molar-refractivity contribution in [2.24, 2.45) is 4.99 Å². The molecular formula is C19H31N5O2. The maximum Gasteiger partial charge on any atom is 0.221 e. The summed E-state index contributed by atoms with van der Waals surface area (Å²) in [5, 5.41) is 9.44. The summed E-state index contributed by atoms with van der Waals surface area (Å²) in [5.74, 6) is 0.804. The van der Waals surface area contributed by atoms with Gasteiger partial charge in [-0.1, -0.05) is 12.1 Å². The van der Waals surface area contributed by atoms with E-state index in [9.17, 15) is 4.79 Å². The lowest BCUT2D eigenvalue weighted by molar-refractivity contribution is -0.114. The van der Waals surface area contributed by atoms with Gasteiger partial charge in [-0.2, -0.15) is 0 Å². The Kier molecular flexibility index (Phi) is 8.92. The third kappa shape index (κ3) is 7.84. The molecule has 0 saturated carbocycles. The summed E-state index contributed by atoms with van der Waals surface area (Å²) in [4.78, 5) is 18.1. The summed E-state index contributed by atoms with van der Waals surface area (Å²) in [7, 11) is 0. The van der Waals surface area contributed by atoms with Crippen molar-refractivity contribution < 1.29 is 9.53 Å². The molecule has 7 nitrogen and oxygen atoms in total. The molecule has 0 radical (unpaired) electrons. The number of amides is 1. The van der Waals surface area contributed by atoms with Gasteiger partial charge in [-0.25, -0.2) is 0 Å². The number of rotatable bonds is 8. The van der Waals surface area contributed by atoms with E-state index < -0.39 is 0 Å². The third-order valence-corrected chi connectivity index (χ3v) is 4.11. The van der Waals surface area contributed by atoms with E-state index in [-0.39, 0.29) is 5.91 Å². The highest BCUT2D eigenvalue weighted by molar-refractivity contribution is 5.88. The Morgan fingerprint density at radius 1 is 1.19 bits per heavy atom. The zero-order valence-corrected chi connectivity index (χ0v) is 15.9. The fourth-order valence-electron chi connectivity index (χ4n) is 2.75. The SMILES string of the molecule is CCNC(=NCCN1CCOCC1)NCCc1ccc(NC(C)=O)cc1. The average Bonchev–Trinajstić information content (AvgIpc) is 2.63. The first kappa shape index (κ1) is 20.2. The molecule has 1 fully saturated rings. The number of ether oxygens (including phenoxy) is 1. The number of anilines is 1. The minimum Gasteiger partial charge on any atom is -0.379 e. The molecule has 1 aromatic carbocycles. The second kappa shape index (κ2) is 11.5. The molecule has 3 N–H and O–H groups in total.